The van der Waals surface area contributed by atoms with Crippen LogP contribution in [0.1, 0.15) is 25.3 Å². The highest BCUT2D eigenvalue weighted by Crippen LogP contribution is 2.02. The highest BCUT2D eigenvalue weighted by Gasteiger charge is 2.05. The predicted octanol–water partition coefficient (Wildman–Crippen LogP) is 1.90. The first-order valence-electron chi connectivity index (χ1n) is 5.63. The van der Waals surface area contributed by atoms with Crippen molar-refractivity contribution in [3.63, 3.8) is 0 Å². The van der Waals surface area contributed by atoms with Crippen molar-refractivity contribution in [2.24, 2.45) is 5.73 Å². The Balaban J connectivity index is 2.10. The molecule has 0 aromatic heterocycles. The number of benzene rings is 1. The molecule has 0 fully saturated rings. The monoisotopic (exact) mass is 221 g/mol. The number of carbonyl (C=O) groups is 1. The van der Waals surface area contributed by atoms with Crippen LogP contribution in [0.3, 0.4) is 0 Å². The standard InChI is InChI=1S/C13H19NO2/c1-11(14)10-13(15)16-9-5-8-12-6-3-2-4-7-12/h2-4,6-7,11H,5,8-10,14H2,1H3. The van der Waals surface area contributed by atoms with E-state index in [0.717, 1.165) is 12.8 Å². The van der Waals surface area contributed by atoms with E-state index in [2.05, 4.69) is 12.1 Å². The van der Waals surface area contributed by atoms with E-state index >= 15 is 0 Å². The molecule has 3 heteroatoms. The van der Waals surface area contributed by atoms with Gasteiger partial charge in [-0.15, -0.1) is 0 Å². The van der Waals surface area contributed by atoms with Crippen LogP contribution < -0.4 is 5.73 Å². The maximum absolute atomic E-state index is 11.2. The van der Waals surface area contributed by atoms with Crippen LogP contribution in [0.4, 0.5) is 0 Å². The molecule has 0 aliphatic rings. The minimum absolute atomic E-state index is 0.123. The van der Waals surface area contributed by atoms with Crippen LogP contribution in [0.15, 0.2) is 30.3 Å². The Morgan fingerprint density at radius 2 is 2.06 bits per heavy atom. The molecule has 0 amide bonds. The molecular formula is C13H19NO2. The van der Waals surface area contributed by atoms with Gasteiger partial charge in [-0.1, -0.05) is 30.3 Å². The van der Waals surface area contributed by atoms with Crippen molar-refractivity contribution < 1.29 is 9.53 Å². The maximum Gasteiger partial charge on any atom is 0.307 e. The van der Waals surface area contributed by atoms with Crippen molar-refractivity contribution in [3.05, 3.63) is 35.9 Å². The fraction of sp³-hybridized carbons (Fsp3) is 0.462. The van der Waals surface area contributed by atoms with Crippen LogP contribution >= 0.6 is 0 Å². The lowest BCUT2D eigenvalue weighted by Gasteiger charge is -2.06. The lowest BCUT2D eigenvalue weighted by atomic mass is 10.1. The molecule has 1 unspecified atom stereocenters. The molecule has 0 heterocycles. The fourth-order valence-corrected chi connectivity index (χ4v) is 1.43. The highest BCUT2D eigenvalue weighted by molar-refractivity contribution is 5.69. The Morgan fingerprint density at radius 1 is 1.38 bits per heavy atom. The summed E-state index contributed by atoms with van der Waals surface area (Å²) < 4.78 is 5.06. The summed E-state index contributed by atoms with van der Waals surface area (Å²) in [7, 11) is 0. The van der Waals surface area contributed by atoms with E-state index in [4.69, 9.17) is 10.5 Å². The molecule has 1 aromatic rings. The number of aryl methyl sites for hydroxylation is 1. The van der Waals surface area contributed by atoms with Crippen LogP contribution in [0.2, 0.25) is 0 Å². The molecule has 1 rings (SSSR count). The van der Waals surface area contributed by atoms with Crippen molar-refractivity contribution in [2.75, 3.05) is 6.61 Å². The molecule has 0 spiro atoms. The Labute approximate surface area is 96.6 Å². The second-order valence-electron chi connectivity index (χ2n) is 3.99. The summed E-state index contributed by atoms with van der Waals surface area (Å²) in [5, 5.41) is 0. The molecule has 0 aliphatic heterocycles. The van der Waals surface area contributed by atoms with Gasteiger partial charge in [0, 0.05) is 6.04 Å². The largest absolute Gasteiger partial charge is 0.466 e. The maximum atomic E-state index is 11.2. The molecule has 0 aliphatic carbocycles. The lowest BCUT2D eigenvalue weighted by molar-refractivity contribution is -0.144. The number of nitrogens with two attached hydrogens (primary N) is 1. The second kappa shape index (κ2) is 7.01. The van der Waals surface area contributed by atoms with Crippen molar-refractivity contribution in [3.8, 4) is 0 Å². The van der Waals surface area contributed by atoms with Gasteiger partial charge in [0.25, 0.3) is 0 Å². The van der Waals surface area contributed by atoms with Crippen LogP contribution in [0, 0.1) is 0 Å². The number of ether oxygens (including phenoxy) is 1. The molecule has 1 aromatic carbocycles. The Morgan fingerprint density at radius 3 is 2.69 bits per heavy atom. The molecule has 0 bridgehead atoms. The quantitative estimate of drug-likeness (QED) is 0.589. The number of hydrogen-bond donors (Lipinski definition) is 1. The summed E-state index contributed by atoms with van der Waals surface area (Å²) in [6.45, 7) is 2.27. The van der Waals surface area contributed by atoms with Gasteiger partial charge in [-0.05, 0) is 25.3 Å². The van der Waals surface area contributed by atoms with Gasteiger partial charge >= 0.3 is 5.97 Å². The van der Waals surface area contributed by atoms with Crippen molar-refractivity contribution in [1.82, 2.24) is 0 Å². The van der Waals surface area contributed by atoms with E-state index in [9.17, 15) is 4.79 Å². The molecule has 1 atom stereocenters. The molecule has 16 heavy (non-hydrogen) atoms. The molecule has 0 radical (unpaired) electrons. The van der Waals surface area contributed by atoms with E-state index in [0.29, 0.717) is 13.0 Å². The summed E-state index contributed by atoms with van der Waals surface area (Å²) in [5.41, 5.74) is 6.76. The van der Waals surface area contributed by atoms with Gasteiger partial charge in [0.05, 0.1) is 13.0 Å². The zero-order chi connectivity index (χ0) is 11.8. The van der Waals surface area contributed by atoms with Gasteiger partial charge in [0.1, 0.15) is 0 Å². The van der Waals surface area contributed by atoms with Gasteiger partial charge < -0.3 is 10.5 Å². The van der Waals surface area contributed by atoms with Gasteiger partial charge in [0.15, 0.2) is 0 Å². The van der Waals surface area contributed by atoms with E-state index in [-0.39, 0.29) is 12.0 Å². The minimum atomic E-state index is -0.205. The van der Waals surface area contributed by atoms with Gasteiger partial charge in [0.2, 0.25) is 0 Å². The smallest absolute Gasteiger partial charge is 0.307 e. The number of rotatable bonds is 6. The van der Waals surface area contributed by atoms with E-state index in [1.165, 1.54) is 5.56 Å². The summed E-state index contributed by atoms with van der Waals surface area (Å²) in [5.74, 6) is -0.205. The number of esters is 1. The summed E-state index contributed by atoms with van der Waals surface area (Å²) in [6.07, 6.45) is 2.09. The summed E-state index contributed by atoms with van der Waals surface area (Å²) in [4.78, 5) is 11.2. The second-order valence-corrected chi connectivity index (χ2v) is 3.99. The third kappa shape index (κ3) is 5.51. The van der Waals surface area contributed by atoms with Crippen LogP contribution in [0.25, 0.3) is 0 Å². The van der Waals surface area contributed by atoms with E-state index < -0.39 is 0 Å². The minimum Gasteiger partial charge on any atom is -0.466 e. The summed E-state index contributed by atoms with van der Waals surface area (Å²) in [6, 6.07) is 10.0. The lowest BCUT2D eigenvalue weighted by Crippen LogP contribution is -2.21. The molecule has 88 valence electrons. The predicted molar refractivity (Wildman–Crippen MR) is 64.0 cm³/mol. The van der Waals surface area contributed by atoms with Crippen LogP contribution in [-0.4, -0.2) is 18.6 Å². The first-order chi connectivity index (χ1) is 7.68. The average molecular weight is 221 g/mol. The zero-order valence-corrected chi connectivity index (χ0v) is 9.69. The fourth-order valence-electron chi connectivity index (χ4n) is 1.43. The average Bonchev–Trinajstić information content (AvgIpc) is 2.25. The molecule has 3 nitrogen and oxygen atoms in total. The van der Waals surface area contributed by atoms with Crippen molar-refractivity contribution >= 4 is 5.97 Å². The van der Waals surface area contributed by atoms with Crippen LogP contribution in [-0.2, 0) is 16.0 Å². The normalized spacial score (nSPS) is 12.1. The molecular weight excluding hydrogens is 202 g/mol. The zero-order valence-electron chi connectivity index (χ0n) is 9.69. The Hall–Kier alpha value is -1.35. The molecule has 2 N–H and O–H groups in total. The third-order valence-corrected chi connectivity index (χ3v) is 2.20. The van der Waals surface area contributed by atoms with Gasteiger partial charge in [-0.2, -0.15) is 0 Å². The first-order valence-corrected chi connectivity index (χ1v) is 5.63. The van der Waals surface area contributed by atoms with Crippen molar-refractivity contribution in [1.29, 1.82) is 0 Å². The Bertz CT molecular complexity index is 309. The SMILES string of the molecule is CC(N)CC(=O)OCCCc1ccccc1. The van der Waals surface area contributed by atoms with E-state index in [1.807, 2.05) is 18.2 Å². The van der Waals surface area contributed by atoms with E-state index in [1.54, 1.807) is 6.92 Å². The number of carbonyl (C=O) groups excluding carboxylic acids is 1. The van der Waals surface area contributed by atoms with Crippen molar-refractivity contribution in [2.45, 2.75) is 32.2 Å². The Kier molecular flexibility index (Phi) is 5.57. The summed E-state index contributed by atoms with van der Waals surface area (Å²) >= 11 is 0. The third-order valence-electron chi connectivity index (χ3n) is 2.20. The van der Waals surface area contributed by atoms with Crippen LogP contribution in [0.5, 0.6) is 0 Å². The molecule has 0 saturated heterocycles. The topological polar surface area (TPSA) is 52.3 Å². The molecule has 0 saturated carbocycles. The number of hydrogen-bond acceptors (Lipinski definition) is 3. The highest BCUT2D eigenvalue weighted by atomic mass is 16.5. The van der Waals surface area contributed by atoms with Gasteiger partial charge in [-0.3, -0.25) is 4.79 Å². The first kappa shape index (κ1) is 12.7. The van der Waals surface area contributed by atoms with Gasteiger partial charge in [-0.25, -0.2) is 0 Å².